The van der Waals surface area contributed by atoms with Gasteiger partial charge < -0.3 is 19.5 Å². The van der Waals surface area contributed by atoms with Crippen LogP contribution >= 0.6 is 23.5 Å². The van der Waals surface area contributed by atoms with E-state index in [1.165, 1.54) is 12.1 Å². The van der Waals surface area contributed by atoms with E-state index in [9.17, 15) is 24.1 Å². The molecule has 2 aromatic rings. The zero-order valence-corrected chi connectivity index (χ0v) is 18.8. The molecule has 14 heteroatoms. The third-order valence-electron chi connectivity index (χ3n) is 4.51. The number of ether oxygens (including phenoxy) is 1. The summed E-state index contributed by atoms with van der Waals surface area (Å²) in [6.07, 6.45) is -5.01. The van der Waals surface area contributed by atoms with Gasteiger partial charge in [-0.15, -0.1) is 0 Å². The molecule has 0 radical (unpaired) electrons. The molecular weight excluding hydrogens is 518 g/mol. The second-order valence-corrected chi connectivity index (χ2v) is 10.2. The van der Waals surface area contributed by atoms with Crippen molar-refractivity contribution in [3.05, 3.63) is 63.4 Å². The Balaban J connectivity index is 1.78. The summed E-state index contributed by atoms with van der Waals surface area (Å²) in [7, 11) is -4.05. The van der Waals surface area contributed by atoms with Crippen molar-refractivity contribution >= 4 is 29.5 Å². The number of benzene rings is 1. The fraction of sp³-hybridized carbons (Fsp3) is 0.389. The number of aromatic amines is 1. The lowest BCUT2D eigenvalue weighted by molar-refractivity contribution is -0.136. The van der Waals surface area contributed by atoms with Gasteiger partial charge in [0.1, 0.15) is 18.0 Å². The normalized spacial score (nSPS) is 27.0. The van der Waals surface area contributed by atoms with Crippen LogP contribution < -0.4 is 15.8 Å². The number of aliphatic hydroxyl groups excluding tert-OH is 1. The fourth-order valence-electron chi connectivity index (χ4n) is 2.92. The van der Waals surface area contributed by atoms with Gasteiger partial charge in [-0.25, -0.2) is 13.8 Å². The Morgan fingerprint density at radius 2 is 2.00 bits per heavy atom. The predicted octanol–water partition coefficient (Wildman–Crippen LogP) is 1.62. The molecule has 1 aliphatic heterocycles. The van der Waals surface area contributed by atoms with Crippen molar-refractivity contribution < 1.29 is 37.7 Å². The summed E-state index contributed by atoms with van der Waals surface area (Å²) in [4.78, 5) is 36.1. The number of aromatic nitrogens is 2. The van der Waals surface area contributed by atoms with E-state index in [0.29, 0.717) is 0 Å². The predicted molar refractivity (Wildman–Crippen MR) is 112 cm³/mol. The maximum atomic E-state index is 15.2. The van der Waals surface area contributed by atoms with Gasteiger partial charge in [0.2, 0.25) is 4.58 Å². The van der Waals surface area contributed by atoms with Gasteiger partial charge in [0.25, 0.3) is 5.56 Å². The van der Waals surface area contributed by atoms with Gasteiger partial charge in [-0.05, 0) is 28.1 Å². The molecule has 0 saturated carbocycles. The smallest absolute Gasteiger partial charge is 0.379 e. The lowest BCUT2D eigenvalue weighted by atomic mass is 10.1. The van der Waals surface area contributed by atoms with Crippen molar-refractivity contribution in [2.24, 2.45) is 0 Å². The number of hydrogen-bond donors (Lipinski definition) is 3. The van der Waals surface area contributed by atoms with E-state index in [1.54, 1.807) is 18.2 Å². The first-order valence-corrected chi connectivity index (χ1v) is 11.8. The number of nitrogens with one attached hydrogen (secondary N) is 1. The Bertz CT molecular complexity index is 1120. The number of aliphatic carboxylic acids is 1. The lowest BCUT2D eigenvalue weighted by Crippen LogP contribution is -2.41. The SMILES string of the molecule is O=C(O)CCP(=O)(OC[C@H]1O[C@@H](n2ccc(=O)[nH]c2=O)[C@@](F)(Br)[C@@H]1O)Oc1ccccc1. The molecule has 1 aromatic carbocycles. The summed E-state index contributed by atoms with van der Waals surface area (Å²) in [5.41, 5.74) is -1.68. The number of hydrogen-bond acceptors (Lipinski definition) is 8. The van der Waals surface area contributed by atoms with E-state index in [2.05, 4.69) is 15.9 Å². The van der Waals surface area contributed by atoms with Gasteiger partial charge in [-0.3, -0.25) is 23.7 Å². The van der Waals surface area contributed by atoms with Crippen molar-refractivity contribution in [2.45, 2.75) is 29.4 Å². The molecule has 1 aromatic heterocycles. The standard InChI is InChI=1S/C18H19BrFN2O9P/c19-18(20)15(26)12(30-16(18)22-8-6-13(23)21-17(22)27)10-29-32(28,9-7-14(24)25)31-11-4-2-1-3-5-11/h1-6,8,12,15-16,26H,7,9-10H2,(H,24,25)(H,21,23,27)/t12-,15-,16-,18-,32?/m1/s1. The quantitative estimate of drug-likeness (QED) is 0.320. The van der Waals surface area contributed by atoms with Crippen LogP contribution in [0, 0.1) is 0 Å². The molecule has 1 fully saturated rings. The van der Waals surface area contributed by atoms with Crippen LogP contribution in [0.25, 0.3) is 0 Å². The summed E-state index contributed by atoms with van der Waals surface area (Å²) in [6.45, 7) is -0.642. The Hall–Kier alpha value is -2.31. The molecule has 5 atom stereocenters. The van der Waals surface area contributed by atoms with Crippen molar-refractivity contribution in [1.29, 1.82) is 0 Å². The minimum absolute atomic E-state index is 0.159. The van der Waals surface area contributed by atoms with E-state index in [4.69, 9.17) is 18.9 Å². The van der Waals surface area contributed by atoms with E-state index in [0.717, 1.165) is 16.8 Å². The molecular formula is C18H19BrFN2O9P. The summed E-state index contributed by atoms with van der Waals surface area (Å²) in [5, 5.41) is 19.3. The van der Waals surface area contributed by atoms with E-state index in [1.807, 2.05) is 4.98 Å². The number of nitrogens with zero attached hydrogens (tertiary/aromatic N) is 1. The lowest BCUT2D eigenvalue weighted by Gasteiger charge is -2.23. The third kappa shape index (κ3) is 5.54. The Morgan fingerprint density at radius 1 is 1.31 bits per heavy atom. The van der Waals surface area contributed by atoms with Crippen LogP contribution in [0.2, 0.25) is 0 Å². The summed E-state index contributed by atoms with van der Waals surface area (Å²) in [6, 6.07) is 8.85. The maximum absolute atomic E-state index is 15.2. The summed E-state index contributed by atoms with van der Waals surface area (Å²) < 4.78 is 42.5. The number of carboxylic acid groups (broad SMARTS) is 1. The Labute approximate surface area is 188 Å². The molecule has 0 bridgehead atoms. The average molecular weight is 537 g/mol. The number of alkyl halides is 2. The van der Waals surface area contributed by atoms with Gasteiger partial charge in [0.15, 0.2) is 6.23 Å². The van der Waals surface area contributed by atoms with E-state index < -0.39 is 67.0 Å². The zero-order chi connectivity index (χ0) is 23.5. The number of aliphatic hydroxyl groups is 1. The summed E-state index contributed by atoms with van der Waals surface area (Å²) >= 11 is 2.70. The first kappa shape index (κ1) is 24.3. The molecule has 32 heavy (non-hydrogen) atoms. The highest BCUT2D eigenvalue weighted by molar-refractivity contribution is 9.10. The van der Waals surface area contributed by atoms with Gasteiger partial charge >= 0.3 is 19.3 Å². The Kier molecular flexibility index (Phi) is 7.36. The topological polar surface area (TPSA) is 157 Å². The highest BCUT2D eigenvalue weighted by Gasteiger charge is 2.57. The van der Waals surface area contributed by atoms with Crippen LogP contribution in [0.4, 0.5) is 4.39 Å². The van der Waals surface area contributed by atoms with Crippen LogP contribution in [-0.4, -0.2) is 55.3 Å². The number of rotatable bonds is 9. The number of carboxylic acids is 1. The van der Waals surface area contributed by atoms with Gasteiger partial charge in [-0.2, -0.15) is 0 Å². The van der Waals surface area contributed by atoms with E-state index >= 15 is 4.39 Å². The number of para-hydroxylation sites is 1. The van der Waals surface area contributed by atoms with Crippen molar-refractivity contribution in [2.75, 3.05) is 12.8 Å². The van der Waals surface area contributed by atoms with E-state index in [-0.39, 0.29) is 5.75 Å². The molecule has 1 aliphatic rings. The van der Waals surface area contributed by atoms with Crippen molar-refractivity contribution in [3.8, 4) is 5.75 Å². The van der Waals surface area contributed by atoms with Crippen LogP contribution in [0.3, 0.4) is 0 Å². The zero-order valence-electron chi connectivity index (χ0n) is 16.3. The first-order valence-electron chi connectivity index (χ1n) is 9.25. The fourth-order valence-corrected chi connectivity index (χ4v) is 5.09. The van der Waals surface area contributed by atoms with Crippen molar-refractivity contribution in [1.82, 2.24) is 9.55 Å². The maximum Gasteiger partial charge on any atom is 0.379 e. The minimum Gasteiger partial charge on any atom is -0.481 e. The monoisotopic (exact) mass is 536 g/mol. The average Bonchev–Trinajstić information content (AvgIpc) is 2.95. The highest BCUT2D eigenvalue weighted by atomic mass is 79.9. The molecule has 2 heterocycles. The molecule has 1 saturated heterocycles. The molecule has 3 N–H and O–H groups in total. The molecule has 0 spiro atoms. The molecule has 1 unspecified atom stereocenters. The number of halogens is 2. The van der Waals surface area contributed by atoms with Crippen LogP contribution in [0.15, 0.2) is 52.2 Å². The minimum atomic E-state index is -4.05. The number of H-pyrrole nitrogens is 1. The van der Waals surface area contributed by atoms with Crippen LogP contribution in [0.5, 0.6) is 5.75 Å². The second kappa shape index (κ2) is 9.67. The second-order valence-electron chi connectivity index (χ2n) is 6.84. The largest absolute Gasteiger partial charge is 0.481 e. The molecule has 174 valence electrons. The first-order chi connectivity index (χ1) is 15.0. The molecule has 0 aliphatic carbocycles. The highest BCUT2D eigenvalue weighted by Crippen LogP contribution is 2.51. The molecule has 11 nitrogen and oxygen atoms in total. The Morgan fingerprint density at radius 3 is 2.62 bits per heavy atom. The molecule has 3 rings (SSSR count). The van der Waals surface area contributed by atoms with Gasteiger partial charge in [-0.1, -0.05) is 18.2 Å². The van der Waals surface area contributed by atoms with Crippen LogP contribution in [0.1, 0.15) is 12.6 Å². The van der Waals surface area contributed by atoms with Crippen molar-refractivity contribution in [3.63, 3.8) is 0 Å². The summed E-state index contributed by atoms with van der Waals surface area (Å²) in [5.74, 6) is -1.07. The molecule has 0 amide bonds. The van der Waals surface area contributed by atoms with Crippen LogP contribution in [-0.2, 0) is 18.6 Å². The van der Waals surface area contributed by atoms with Gasteiger partial charge in [0, 0.05) is 12.3 Å². The number of carbonyl (C=O) groups is 1. The van der Waals surface area contributed by atoms with Gasteiger partial charge in [0.05, 0.1) is 19.2 Å². The third-order valence-corrected chi connectivity index (χ3v) is 7.17.